The van der Waals surface area contributed by atoms with Gasteiger partial charge in [0.15, 0.2) is 0 Å². The fourth-order valence-corrected chi connectivity index (χ4v) is 2.79. The van der Waals surface area contributed by atoms with Gasteiger partial charge in [-0.1, -0.05) is 24.9 Å². The largest absolute Gasteiger partial charge is 0.342 e. The maximum absolute atomic E-state index is 12.3. The number of amides is 1. The normalized spacial score (nSPS) is 11.4. The maximum Gasteiger partial charge on any atom is 0.261 e. The van der Waals surface area contributed by atoms with Gasteiger partial charge >= 0.3 is 0 Å². The molecule has 0 N–H and O–H groups in total. The highest BCUT2D eigenvalue weighted by Crippen LogP contribution is 2.27. The van der Waals surface area contributed by atoms with E-state index in [2.05, 4.69) is 0 Å². The first-order chi connectivity index (χ1) is 9.18. The highest BCUT2D eigenvalue weighted by atomic mass is 35.7. The molecule has 0 aliphatic rings. The summed E-state index contributed by atoms with van der Waals surface area (Å²) in [4.78, 5) is 13.7. The molecule has 0 fully saturated rings. The number of hydrogen-bond donors (Lipinski definition) is 0. The van der Waals surface area contributed by atoms with Crippen LogP contribution in [0.3, 0.4) is 0 Å². The molecule has 0 atom stereocenters. The Morgan fingerprint density at radius 3 is 2.45 bits per heavy atom. The van der Waals surface area contributed by atoms with Crippen molar-refractivity contribution in [1.82, 2.24) is 4.90 Å². The Kier molecular flexibility index (Phi) is 5.86. The maximum atomic E-state index is 12.3. The lowest BCUT2D eigenvalue weighted by molar-refractivity contribution is 0.0792. The zero-order valence-corrected chi connectivity index (χ0v) is 13.9. The number of carbonyl (C=O) groups is 1. The van der Waals surface area contributed by atoms with Crippen LogP contribution in [0.15, 0.2) is 17.0 Å². The fourth-order valence-electron chi connectivity index (χ4n) is 1.72. The lowest BCUT2D eigenvalue weighted by Gasteiger charge is -2.19. The van der Waals surface area contributed by atoms with Crippen molar-refractivity contribution in [1.29, 1.82) is 0 Å². The standard InChI is InChI=1S/C13H17Cl2NO3S/c1-4-5-6-16(3)13(17)11-7-10(20(15,18)19)8-12(14)9(11)2/h7-8H,4-6H2,1-3H3. The Balaban J connectivity index is 3.24. The first-order valence-corrected chi connectivity index (χ1v) is 8.87. The van der Waals surface area contributed by atoms with Crippen molar-refractivity contribution in [2.24, 2.45) is 0 Å². The molecule has 1 aromatic carbocycles. The van der Waals surface area contributed by atoms with Crippen molar-refractivity contribution >= 4 is 37.2 Å². The molecule has 20 heavy (non-hydrogen) atoms. The van der Waals surface area contributed by atoms with Crippen LogP contribution in [0.4, 0.5) is 0 Å². The van der Waals surface area contributed by atoms with E-state index in [0.717, 1.165) is 12.8 Å². The summed E-state index contributed by atoms with van der Waals surface area (Å²) < 4.78 is 22.8. The smallest absolute Gasteiger partial charge is 0.261 e. The highest BCUT2D eigenvalue weighted by molar-refractivity contribution is 8.13. The van der Waals surface area contributed by atoms with E-state index in [1.54, 1.807) is 18.9 Å². The van der Waals surface area contributed by atoms with Crippen LogP contribution >= 0.6 is 22.3 Å². The number of nitrogens with zero attached hydrogens (tertiary/aromatic N) is 1. The van der Waals surface area contributed by atoms with Crippen molar-refractivity contribution in [2.45, 2.75) is 31.6 Å². The van der Waals surface area contributed by atoms with E-state index in [9.17, 15) is 13.2 Å². The van der Waals surface area contributed by atoms with Gasteiger partial charge in [0.1, 0.15) is 0 Å². The summed E-state index contributed by atoms with van der Waals surface area (Å²) in [5.74, 6) is -0.264. The molecule has 0 saturated heterocycles. The van der Waals surface area contributed by atoms with Gasteiger partial charge in [0.2, 0.25) is 0 Å². The summed E-state index contributed by atoms with van der Waals surface area (Å²) in [6.07, 6.45) is 1.84. The highest BCUT2D eigenvalue weighted by Gasteiger charge is 2.20. The van der Waals surface area contributed by atoms with E-state index >= 15 is 0 Å². The van der Waals surface area contributed by atoms with Crippen LogP contribution in [0.2, 0.25) is 5.02 Å². The molecule has 0 aliphatic heterocycles. The average Bonchev–Trinajstić information content (AvgIpc) is 2.36. The van der Waals surface area contributed by atoms with Gasteiger partial charge in [-0.05, 0) is 31.0 Å². The van der Waals surface area contributed by atoms with Gasteiger partial charge in [-0.25, -0.2) is 8.42 Å². The lowest BCUT2D eigenvalue weighted by Crippen LogP contribution is -2.28. The molecule has 0 aromatic heterocycles. The van der Waals surface area contributed by atoms with Gasteiger partial charge < -0.3 is 4.90 Å². The second-order valence-corrected chi connectivity index (χ2v) is 7.57. The molecule has 1 rings (SSSR count). The molecule has 0 radical (unpaired) electrons. The molecule has 0 heterocycles. The summed E-state index contributed by atoms with van der Waals surface area (Å²) >= 11 is 5.98. The molecule has 4 nitrogen and oxygen atoms in total. The van der Waals surface area contributed by atoms with Crippen LogP contribution in [0.1, 0.15) is 35.7 Å². The lowest BCUT2D eigenvalue weighted by atomic mass is 10.1. The first-order valence-electron chi connectivity index (χ1n) is 6.18. The number of halogens is 2. The van der Waals surface area contributed by atoms with E-state index in [1.165, 1.54) is 12.1 Å². The number of hydrogen-bond acceptors (Lipinski definition) is 3. The Labute approximate surface area is 129 Å². The summed E-state index contributed by atoms with van der Waals surface area (Å²) in [7, 11) is 3.06. The monoisotopic (exact) mass is 337 g/mol. The summed E-state index contributed by atoms with van der Waals surface area (Å²) in [5.41, 5.74) is 0.805. The third-order valence-corrected chi connectivity index (χ3v) is 4.75. The molecule has 0 bridgehead atoms. The minimum atomic E-state index is -3.92. The Morgan fingerprint density at radius 2 is 1.95 bits per heavy atom. The molecule has 0 saturated carbocycles. The van der Waals surface area contributed by atoms with Crippen LogP contribution in [0, 0.1) is 6.92 Å². The summed E-state index contributed by atoms with van der Waals surface area (Å²) in [6, 6.07) is 2.52. The predicted molar refractivity (Wildman–Crippen MR) is 81.1 cm³/mol. The Hall–Kier alpha value is -0.780. The van der Waals surface area contributed by atoms with Gasteiger partial charge in [0.25, 0.3) is 15.0 Å². The van der Waals surface area contributed by atoms with Crippen LogP contribution in [-0.4, -0.2) is 32.8 Å². The number of carbonyl (C=O) groups excluding carboxylic acids is 1. The van der Waals surface area contributed by atoms with Crippen LogP contribution < -0.4 is 0 Å². The van der Waals surface area contributed by atoms with Gasteiger partial charge in [-0.2, -0.15) is 0 Å². The van der Waals surface area contributed by atoms with Crippen molar-refractivity contribution in [3.05, 3.63) is 28.3 Å². The molecular weight excluding hydrogens is 321 g/mol. The van der Waals surface area contributed by atoms with Gasteiger partial charge in [-0.3, -0.25) is 4.79 Å². The van der Waals surface area contributed by atoms with E-state index in [1.807, 2.05) is 6.92 Å². The fraction of sp³-hybridized carbons (Fsp3) is 0.462. The second-order valence-electron chi connectivity index (χ2n) is 4.60. The minimum Gasteiger partial charge on any atom is -0.342 e. The predicted octanol–water partition coefficient (Wildman–Crippen LogP) is 3.45. The average molecular weight is 338 g/mol. The van der Waals surface area contributed by atoms with E-state index < -0.39 is 9.05 Å². The number of unbranched alkanes of at least 4 members (excludes halogenated alkanes) is 1. The molecule has 1 aromatic rings. The molecule has 1 amide bonds. The van der Waals surface area contributed by atoms with Crippen molar-refractivity contribution in [3.8, 4) is 0 Å². The minimum absolute atomic E-state index is 0.165. The third kappa shape index (κ3) is 4.11. The summed E-state index contributed by atoms with van der Waals surface area (Å²) in [6.45, 7) is 4.30. The molecule has 0 unspecified atom stereocenters. The van der Waals surface area contributed by atoms with Crippen LogP contribution in [0.25, 0.3) is 0 Å². The van der Waals surface area contributed by atoms with E-state index in [4.69, 9.17) is 22.3 Å². The zero-order chi connectivity index (χ0) is 15.5. The quantitative estimate of drug-likeness (QED) is 0.773. The first kappa shape index (κ1) is 17.3. The number of rotatable bonds is 5. The number of benzene rings is 1. The van der Waals surface area contributed by atoms with Crippen molar-refractivity contribution in [3.63, 3.8) is 0 Å². The summed E-state index contributed by atoms with van der Waals surface area (Å²) in [5, 5.41) is 0.207. The van der Waals surface area contributed by atoms with Crippen molar-refractivity contribution < 1.29 is 13.2 Å². The Bertz CT molecular complexity index is 614. The van der Waals surface area contributed by atoms with E-state index in [-0.39, 0.29) is 21.4 Å². The van der Waals surface area contributed by atoms with E-state index in [0.29, 0.717) is 12.1 Å². The second kappa shape index (κ2) is 6.78. The van der Waals surface area contributed by atoms with Crippen LogP contribution in [0.5, 0.6) is 0 Å². The molecule has 112 valence electrons. The van der Waals surface area contributed by atoms with Gasteiger partial charge in [-0.15, -0.1) is 0 Å². The topological polar surface area (TPSA) is 54.5 Å². The van der Waals surface area contributed by atoms with Crippen molar-refractivity contribution in [2.75, 3.05) is 13.6 Å². The van der Waals surface area contributed by atoms with Gasteiger partial charge in [0, 0.05) is 34.9 Å². The molecular formula is C13H17Cl2NO3S. The molecule has 0 aliphatic carbocycles. The molecule has 7 heteroatoms. The van der Waals surface area contributed by atoms with Gasteiger partial charge in [0.05, 0.1) is 4.90 Å². The SMILES string of the molecule is CCCCN(C)C(=O)c1cc(S(=O)(=O)Cl)cc(Cl)c1C. The Morgan fingerprint density at radius 1 is 1.35 bits per heavy atom. The zero-order valence-electron chi connectivity index (χ0n) is 11.6. The molecule has 0 spiro atoms. The van der Waals surface area contributed by atoms with Crippen LogP contribution in [-0.2, 0) is 9.05 Å². The third-order valence-electron chi connectivity index (χ3n) is 3.02.